The summed E-state index contributed by atoms with van der Waals surface area (Å²) in [5.74, 6) is -0.193. The minimum absolute atomic E-state index is 0.0553. The van der Waals surface area contributed by atoms with Crippen molar-refractivity contribution in [1.82, 2.24) is 5.32 Å². The number of aliphatic hydroxyl groups excluding tert-OH is 1. The smallest absolute Gasteiger partial charge is 0.387 e. The van der Waals surface area contributed by atoms with Gasteiger partial charge in [-0.3, -0.25) is 13.8 Å². The zero-order chi connectivity index (χ0) is 40.0. The lowest BCUT2D eigenvalue weighted by molar-refractivity contribution is -0.870. The summed E-state index contributed by atoms with van der Waals surface area (Å²) < 4.78 is 23.5. The molecule has 0 aliphatic carbocycles. The highest BCUT2D eigenvalue weighted by molar-refractivity contribution is 7.47. The van der Waals surface area contributed by atoms with Crippen molar-refractivity contribution in [3.05, 3.63) is 24.3 Å². The van der Waals surface area contributed by atoms with Gasteiger partial charge in [-0.25, -0.2) is 4.57 Å². The largest absolute Gasteiger partial charge is 0.472 e. The molecule has 0 heterocycles. The molecule has 1 unspecified atom stereocenters. The number of phosphoric acid groups is 1. The lowest BCUT2D eigenvalue weighted by Gasteiger charge is -2.25. The SMILES string of the molecule is CCCCCCCCC/C=C/C=C/[C@@H](O)[C@H](COP(=O)(O)OCC[N+](C)(C)C)NC(=O)CCCCCCCCCCCCCCCCCCCCCCC. The number of quaternary nitrogens is 1. The van der Waals surface area contributed by atoms with Gasteiger partial charge in [-0.1, -0.05) is 205 Å². The average Bonchev–Trinajstić information content (AvgIpc) is 3.12. The van der Waals surface area contributed by atoms with Crippen molar-refractivity contribution in [2.24, 2.45) is 0 Å². The molecule has 54 heavy (non-hydrogen) atoms. The van der Waals surface area contributed by atoms with E-state index in [2.05, 4.69) is 25.2 Å². The van der Waals surface area contributed by atoms with Crippen molar-refractivity contribution >= 4 is 13.7 Å². The van der Waals surface area contributed by atoms with Gasteiger partial charge in [0.2, 0.25) is 5.91 Å². The minimum atomic E-state index is -4.34. The van der Waals surface area contributed by atoms with Gasteiger partial charge < -0.3 is 19.8 Å². The maximum Gasteiger partial charge on any atom is 0.472 e. The highest BCUT2D eigenvalue weighted by atomic mass is 31.2. The fourth-order valence-corrected chi connectivity index (χ4v) is 7.31. The number of hydrogen-bond acceptors (Lipinski definition) is 5. The van der Waals surface area contributed by atoms with E-state index in [-0.39, 0.29) is 19.1 Å². The quantitative estimate of drug-likeness (QED) is 0.0247. The summed E-state index contributed by atoms with van der Waals surface area (Å²) in [6.07, 6.45) is 44.1. The number of rotatable bonds is 41. The second-order valence-corrected chi connectivity index (χ2v) is 18.3. The van der Waals surface area contributed by atoms with Gasteiger partial charge in [-0.05, 0) is 19.3 Å². The Balaban J connectivity index is 4.29. The van der Waals surface area contributed by atoms with Gasteiger partial charge in [0.1, 0.15) is 13.2 Å². The Hall–Kier alpha value is -1.02. The molecular weight excluding hydrogens is 695 g/mol. The van der Waals surface area contributed by atoms with E-state index in [1.54, 1.807) is 12.2 Å². The van der Waals surface area contributed by atoms with Crippen LogP contribution in [0, 0.1) is 0 Å². The number of hydrogen-bond donors (Lipinski definition) is 3. The molecule has 0 fully saturated rings. The molecule has 0 aromatic heterocycles. The lowest BCUT2D eigenvalue weighted by atomic mass is 10.0. The molecule has 0 aliphatic heterocycles. The van der Waals surface area contributed by atoms with Crippen molar-refractivity contribution in [2.45, 2.75) is 219 Å². The Bertz CT molecular complexity index is 938. The maximum atomic E-state index is 12.8. The predicted octanol–water partition coefficient (Wildman–Crippen LogP) is 12.5. The summed E-state index contributed by atoms with van der Waals surface area (Å²) in [5.41, 5.74) is 0. The van der Waals surface area contributed by atoms with E-state index in [9.17, 15) is 19.4 Å². The van der Waals surface area contributed by atoms with E-state index in [1.807, 2.05) is 27.2 Å². The third-order valence-electron chi connectivity index (χ3n) is 10.2. The summed E-state index contributed by atoms with van der Waals surface area (Å²) in [6, 6.07) is -0.873. The molecule has 1 amide bonds. The van der Waals surface area contributed by atoms with E-state index in [0.29, 0.717) is 17.4 Å². The molecule has 320 valence electrons. The van der Waals surface area contributed by atoms with Crippen LogP contribution in [0.15, 0.2) is 24.3 Å². The average molecular weight is 786 g/mol. The van der Waals surface area contributed by atoms with Crippen molar-refractivity contribution in [1.29, 1.82) is 0 Å². The number of unbranched alkanes of at least 4 members (excludes halogenated alkanes) is 27. The zero-order valence-electron chi connectivity index (χ0n) is 36.2. The molecule has 0 rings (SSSR count). The molecule has 0 aromatic carbocycles. The summed E-state index contributed by atoms with van der Waals surface area (Å²) in [6.45, 7) is 4.77. The highest BCUT2D eigenvalue weighted by Gasteiger charge is 2.27. The number of carbonyl (C=O) groups excluding carboxylic acids is 1. The summed E-state index contributed by atoms with van der Waals surface area (Å²) >= 11 is 0. The van der Waals surface area contributed by atoms with Crippen LogP contribution in [-0.2, 0) is 18.4 Å². The Labute approximate surface area is 334 Å². The van der Waals surface area contributed by atoms with Crippen molar-refractivity contribution in [3.63, 3.8) is 0 Å². The zero-order valence-corrected chi connectivity index (χ0v) is 37.1. The van der Waals surface area contributed by atoms with Crippen LogP contribution in [-0.4, -0.2) is 73.4 Å². The van der Waals surface area contributed by atoms with E-state index >= 15 is 0 Å². The van der Waals surface area contributed by atoms with Crippen molar-refractivity contribution in [3.8, 4) is 0 Å². The van der Waals surface area contributed by atoms with Crippen LogP contribution >= 0.6 is 7.82 Å². The predicted molar refractivity (Wildman–Crippen MR) is 231 cm³/mol. The maximum absolute atomic E-state index is 12.8. The Kier molecular flexibility index (Phi) is 36.8. The Morgan fingerprint density at radius 1 is 0.630 bits per heavy atom. The number of nitrogens with zero attached hydrogens (tertiary/aromatic N) is 1. The topological polar surface area (TPSA) is 105 Å². The second kappa shape index (κ2) is 37.6. The van der Waals surface area contributed by atoms with Crippen LogP contribution in [0.5, 0.6) is 0 Å². The van der Waals surface area contributed by atoms with E-state index in [4.69, 9.17) is 9.05 Å². The summed E-state index contributed by atoms with van der Waals surface area (Å²) in [7, 11) is 1.55. The normalized spacial score (nSPS) is 14.6. The van der Waals surface area contributed by atoms with E-state index in [1.165, 1.54) is 154 Å². The van der Waals surface area contributed by atoms with Gasteiger partial charge in [-0.2, -0.15) is 0 Å². The summed E-state index contributed by atoms with van der Waals surface area (Å²) in [4.78, 5) is 23.1. The number of nitrogens with one attached hydrogen (secondary N) is 1. The minimum Gasteiger partial charge on any atom is -0.387 e. The van der Waals surface area contributed by atoms with E-state index < -0.39 is 20.0 Å². The first-order valence-corrected chi connectivity index (χ1v) is 24.2. The molecule has 9 heteroatoms. The van der Waals surface area contributed by atoms with Crippen LogP contribution < -0.4 is 5.32 Å². The number of allylic oxidation sites excluding steroid dienone is 3. The fraction of sp³-hybridized carbons (Fsp3) is 0.889. The lowest BCUT2D eigenvalue weighted by Crippen LogP contribution is -2.45. The first-order valence-electron chi connectivity index (χ1n) is 22.7. The molecule has 0 saturated carbocycles. The van der Waals surface area contributed by atoms with Crippen LogP contribution in [0.4, 0.5) is 0 Å². The third kappa shape index (κ3) is 39.2. The molecule has 3 N–H and O–H groups in total. The van der Waals surface area contributed by atoms with Gasteiger partial charge in [0, 0.05) is 6.42 Å². The van der Waals surface area contributed by atoms with Crippen LogP contribution in [0.25, 0.3) is 0 Å². The molecular formula is C45H90N2O6P+. The highest BCUT2D eigenvalue weighted by Crippen LogP contribution is 2.43. The van der Waals surface area contributed by atoms with Gasteiger partial charge in [-0.15, -0.1) is 0 Å². The van der Waals surface area contributed by atoms with Crippen LogP contribution in [0.3, 0.4) is 0 Å². The molecule has 0 aromatic rings. The van der Waals surface area contributed by atoms with Crippen LogP contribution in [0.1, 0.15) is 206 Å². The number of likely N-dealkylation sites (N-methyl/N-ethyl adjacent to an activating group) is 1. The molecule has 0 spiro atoms. The van der Waals surface area contributed by atoms with Gasteiger partial charge in [0.25, 0.3) is 0 Å². The Morgan fingerprint density at radius 3 is 1.46 bits per heavy atom. The Morgan fingerprint density at radius 2 is 1.04 bits per heavy atom. The van der Waals surface area contributed by atoms with Crippen molar-refractivity contribution in [2.75, 3.05) is 40.9 Å². The number of phosphoric ester groups is 1. The molecule has 3 atom stereocenters. The van der Waals surface area contributed by atoms with Crippen LogP contribution in [0.2, 0.25) is 0 Å². The van der Waals surface area contributed by atoms with Crippen molar-refractivity contribution < 1.29 is 32.9 Å². The molecule has 0 bridgehead atoms. The number of amides is 1. The monoisotopic (exact) mass is 786 g/mol. The van der Waals surface area contributed by atoms with Gasteiger partial charge >= 0.3 is 7.82 Å². The second-order valence-electron chi connectivity index (χ2n) is 16.8. The van der Waals surface area contributed by atoms with Gasteiger partial charge in [0.05, 0.1) is 39.9 Å². The first kappa shape index (κ1) is 53.0. The molecule has 0 radical (unpaired) electrons. The number of aliphatic hydroxyl groups is 1. The fourth-order valence-electron chi connectivity index (χ4n) is 6.57. The number of carbonyl (C=O) groups is 1. The van der Waals surface area contributed by atoms with E-state index in [0.717, 1.165) is 32.1 Å². The molecule has 0 aliphatic rings. The standard InChI is InChI=1S/C45H89N2O6P/c1-6-8-10-12-14-16-18-19-20-21-22-23-24-25-26-27-29-31-33-35-37-39-45(49)46-43(42-53-54(50,51)52-41-40-47(3,4)5)44(48)38-36-34-32-30-28-17-15-13-11-9-7-2/h32,34,36,38,43-44,48H,6-31,33,35,37,39-42H2,1-5H3,(H-,46,49,50,51)/p+1/b34-32+,38-36+/t43-,44+/m0/s1. The first-order chi connectivity index (χ1) is 26.0. The van der Waals surface area contributed by atoms with Gasteiger partial charge in [0.15, 0.2) is 0 Å². The third-order valence-corrected chi connectivity index (χ3v) is 11.2. The molecule has 8 nitrogen and oxygen atoms in total. The molecule has 0 saturated heterocycles. The summed E-state index contributed by atoms with van der Waals surface area (Å²) in [5, 5.41) is 13.7.